The highest BCUT2D eigenvalue weighted by molar-refractivity contribution is 5.56. The van der Waals surface area contributed by atoms with Crippen LogP contribution in [0.5, 0.6) is 0 Å². The first kappa shape index (κ1) is 16.7. The van der Waals surface area contributed by atoms with Crippen LogP contribution in [0, 0.1) is 19.3 Å². The number of aromatic nitrogens is 2. The van der Waals surface area contributed by atoms with E-state index < -0.39 is 0 Å². The summed E-state index contributed by atoms with van der Waals surface area (Å²) < 4.78 is 0. The molecule has 4 heteroatoms. The van der Waals surface area contributed by atoms with Gasteiger partial charge >= 0.3 is 0 Å². The van der Waals surface area contributed by atoms with Gasteiger partial charge in [0.15, 0.2) is 0 Å². The van der Waals surface area contributed by atoms with Gasteiger partial charge in [-0.1, -0.05) is 40.0 Å². The van der Waals surface area contributed by atoms with Crippen molar-refractivity contribution in [1.82, 2.24) is 9.97 Å². The number of hydrogen-bond donors (Lipinski definition) is 2. The molecular formula is C16H30N4. The van der Waals surface area contributed by atoms with Gasteiger partial charge in [0.2, 0.25) is 0 Å². The van der Waals surface area contributed by atoms with Crippen molar-refractivity contribution in [3.63, 3.8) is 0 Å². The molecule has 0 saturated heterocycles. The van der Waals surface area contributed by atoms with Crippen molar-refractivity contribution in [2.75, 3.05) is 24.2 Å². The maximum Gasteiger partial charge on any atom is 0.134 e. The summed E-state index contributed by atoms with van der Waals surface area (Å²) in [7, 11) is 1.90. The van der Waals surface area contributed by atoms with Gasteiger partial charge in [-0.15, -0.1) is 0 Å². The molecule has 0 aliphatic rings. The fourth-order valence-corrected chi connectivity index (χ4v) is 2.31. The first-order valence-electron chi connectivity index (χ1n) is 7.66. The summed E-state index contributed by atoms with van der Waals surface area (Å²) in [5.74, 6) is 2.65. The summed E-state index contributed by atoms with van der Waals surface area (Å²) in [6.45, 7) is 11.8. The number of hydrogen-bond acceptors (Lipinski definition) is 4. The summed E-state index contributed by atoms with van der Waals surface area (Å²) in [6, 6.07) is 0. The molecule has 20 heavy (non-hydrogen) atoms. The quantitative estimate of drug-likeness (QED) is 0.701. The molecular weight excluding hydrogens is 248 g/mol. The lowest BCUT2D eigenvalue weighted by Gasteiger charge is -2.26. The van der Waals surface area contributed by atoms with Gasteiger partial charge in [-0.25, -0.2) is 9.97 Å². The Balaban J connectivity index is 2.67. The summed E-state index contributed by atoms with van der Waals surface area (Å²) in [5, 5.41) is 6.63. The molecule has 2 N–H and O–H groups in total. The van der Waals surface area contributed by atoms with E-state index in [1.54, 1.807) is 0 Å². The van der Waals surface area contributed by atoms with E-state index in [2.05, 4.69) is 48.3 Å². The Morgan fingerprint density at radius 1 is 1.05 bits per heavy atom. The van der Waals surface area contributed by atoms with Crippen molar-refractivity contribution >= 4 is 11.6 Å². The Kier molecular flexibility index (Phi) is 6.24. The minimum Gasteiger partial charge on any atom is -0.373 e. The third kappa shape index (κ3) is 4.99. The van der Waals surface area contributed by atoms with E-state index in [1.807, 2.05) is 14.0 Å². The number of nitrogens with zero attached hydrogens (tertiary/aromatic N) is 2. The molecule has 0 unspecified atom stereocenters. The highest BCUT2D eigenvalue weighted by Crippen LogP contribution is 2.26. The minimum absolute atomic E-state index is 0.292. The topological polar surface area (TPSA) is 49.8 Å². The highest BCUT2D eigenvalue weighted by Gasteiger charge is 2.18. The van der Waals surface area contributed by atoms with E-state index in [1.165, 1.54) is 25.7 Å². The van der Waals surface area contributed by atoms with Gasteiger partial charge in [-0.3, -0.25) is 0 Å². The standard InChI is InChI=1S/C16H30N4/c1-7-8-9-10-16(4,5)11-18-15-12(2)14(17-6)19-13(3)20-15/h7-11H2,1-6H3,(H2,17,18,19,20). The van der Waals surface area contributed by atoms with E-state index in [0.717, 1.165) is 29.6 Å². The number of unbranched alkanes of at least 4 members (excludes halogenated alkanes) is 2. The van der Waals surface area contributed by atoms with Gasteiger partial charge in [0.05, 0.1) is 0 Å². The van der Waals surface area contributed by atoms with Crippen LogP contribution in [0.25, 0.3) is 0 Å². The molecule has 1 aromatic heterocycles. The summed E-state index contributed by atoms with van der Waals surface area (Å²) >= 11 is 0. The Labute approximate surface area is 123 Å². The lowest BCUT2D eigenvalue weighted by atomic mass is 9.87. The van der Waals surface area contributed by atoms with Crippen LogP contribution in [0.2, 0.25) is 0 Å². The van der Waals surface area contributed by atoms with Crippen molar-refractivity contribution < 1.29 is 0 Å². The first-order chi connectivity index (χ1) is 9.39. The van der Waals surface area contributed by atoms with Crippen LogP contribution in [0.15, 0.2) is 0 Å². The lowest BCUT2D eigenvalue weighted by Crippen LogP contribution is -2.24. The molecule has 114 valence electrons. The van der Waals surface area contributed by atoms with Crippen molar-refractivity contribution in [3.8, 4) is 0 Å². The molecule has 0 atom stereocenters. The zero-order chi connectivity index (χ0) is 15.2. The normalized spacial score (nSPS) is 11.5. The van der Waals surface area contributed by atoms with Crippen molar-refractivity contribution in [1.29, 1.82) is 0 Å². The van der Waals surface area contributed by atoms with Gasteiger partial charge < -0.3 is 10.6 Å². The smallest absolute Gasteiger partial charge is 0.134 e. The Morgan fingerprint density at radius 2 is 1.70 bits per heavy atom. The zero-order valence-corrected chi connectivity index (χ0v) is 13.9. The zero-order valence-electron chi connectivity index (χ0n) is 13.9. The van der Waals surface area contributed by atoms with E-state index in [-0.39, 0.29) is 0 Å². The average Bonchev–Trinajstić information content (AvgIpc) is 2.39. The number of nitrogens with one attached hydrogen (secondary N) is 2. The Bertz CT molecular complexity index is 427. The van der Waals surface area contributed by atoms with Crippen LogP contribution >= 0.6 is 0 Å². The molecule has 0 aromatic carbocycles. The van der Waals surface area contributed by atoms with Gasteiger partial charge in [-0.05, 0) is 25.7 Å². The summed E-state index contributed by atoms with van der Waals surface area (Å²) in [5.41, 5.74) is 1.38. The Hall–Kier alpha value is -1.32. The molecule has 0 spiro atoms. The second-order valence-corrected chi connectivity index (χ2v) is 6.32. The average molecular weight is 278 g/mol. The van der Waals surface area contributed by atoms with Crippen molar-refractivity contribution in [3.05, 3.63) is 11.4 Å². The molecule has 1 rings (SSSR count). The number of aryl methyl sites for hydroxylation is 1. The van der Waals surface area contributed by atoms with Crippen LogP contribution < -0.4 is 10.6 Å². The predicted molar refractivity (Wildman–Crippen MR) is 87.5 cm³/mol. The van der Waals surface area contributed by atoms with Crippen LogP contribution in [-0.4, -0.2) is 23.6 Å². The van der Waals surface area contributed by atoms with Crippen LogP contribution in [0.1, 0.15) is 57.8 Å². The van der Waals surface area contributed by atoms with Crippen LogP contribution in [0.3, 0.4) is 0 Å². The molecule has 1 heterocycles. The highest BCUT2D eigenvalue weighted by atomic mass is 15.1. The van der Waals surface area contributed by atoms with Crippen molar-refractivity contribution in [2.24, 2.45) is 5.41 Å². The SMILES string of the molecule is CCCCCC(C)(C)CNc1nc(C)nc(NC)c1C. The van der Waals surface area contributed by atoms with E-state index >= 15 is 0 Å². The van der Waals surface area contributed by atoms with E-state index in [4.69, 9.17) is 0 Å². The van der Waals surface area contributed by atoms with Gasteiger partial charge in [0.25, 0.3) is 0 Å². The third-order valence-electron chi connectivity index (χ3n) is 3.69. The molecule has 0 amide bonds. The lowest BCUT2D eigenvalue weighted by molar-refractivity contribution is 0.342. The molecule has 0 bridgehead atoms. The molecule has 0 saturated carbocycles. The third-order valence-corrected chi connectivity index (χ3v) is 3.69. The van der Waals surface area contributed by atoms with Crippen molar-refractivity contribution in [2.45, 2.75) is 60.3 Å². The van der Waals surface area contributed by atoms with Gasteiger partial charge in [0.1, 0.15) is 17.5 Å². The molecule has 0 radical (unpaired) electrons. The second kappa shape index (κ2) is 7.46. The van der Waals surface area contributed by atoms with Crippen LogP contribution in [0.4, 0.5) is 11.6 Å². The fourth-order valence-electron chi connectivity index (χ4n) is 2.31. The first-order valence-corrected chi connectivity index (χ1v) is 7.66. The minimum atomic E-state index is 0.292. The summed E-state index contributed by atoms with van der Waals surface area (Å²) in [6.07, 6.45) is 5.14. The predicted octanol–water partition coefficient (Wildman–Crippen LogP) is 4.15. The maximum atomic E-state index is 4.52. The molecule has 0 aliphatic carbocycles. The molecule has 4 nitrogen and oxygen atoms in total. The number of rotatable bonds is 8. The van der Waals surface area contributed by atoms with E-state index in [0.29, 0.717) is 5.41 Å². The summed E-state index contributed by atoms with van der Waals surface area (Å²) in [4.78, 5) is 8.91. The second-order valence-electron chi connectivity index (χ2n) is 6.32. The monoisotopic (exact) mass is 278 g/mol. The van der Waals surface area contributed by atoms with E-state index in [9.17, 15) is 0 Å². The van der Waals surface area contributed by atoms with Gasteiger partial charge in [0, 0.05) is 19.2 Å². The molecule has 0 fully saturated rings. The largest absolute Gasteiger partial charge is 0.373 e. The number of anilines is 2. The fraction of sp³-hybridized carbons (Fsp3) is 0.750. The molecule has 1 aromatic rings. The Morgan fingerprint density at radius 3 is 2.30 bits per heavy atom. The maximum absolute atomic E-state index is 4.52. The molecule has 0 aliphatic heterocycles. The van der Waals surface area contributed by atoms with Crippen LogP contribution in [-0.2, 0) is 0 Å². The van der Waals surface area contributed by atoms with Gasteiger partial charge in [-0.2, -0.15) is 0 Å².